The molecule has 2 nitrogen and oxygen atoms in total. The van der Waals surface area contributed by atoms with Crippen LogP contribution in [0.5, 0.6) is 0 Å². The third kappa shape index (κ3) is 5.73. The van der Waals surface area contributed by atoms with E-state index in [-0.39, 0.29) is 0 Å². The maximum atomic E-state index is 3.65. The molecule has 0 spiro atoms. The van der Waals surface area contributed by atoms with E-state index in [9.17, 15) is 0 Å². The molecule has 1 heterocycles. The Morgan fingerprint density at radius 3 is 2.25 bits per heavy atom. The van der Waals surface area contributed by atoms with Crippen molar-refractivity contribution in [2.45, 2.75) is 73.1 Å². The smallest absolute Gasteiger partial charge is 0.00475 e. The quantitative estimate of drug-likeness (QED) is 0.634. The van der Waals surface area contributed by atoms with E-state index in [0.29, 0.717) is 10.8 Å². The van der Waals surface area contributed by atoms with E-state index < -0.39 is 0 Å². The van der Waals surface area contributed by atoms with Crippen molar-refractivity contribution in [3.8, 4) is 0 Å². The van der Waals surface area contributed by atoms with Crippen molar-refractivity contribution >= 4 is 0 Å². The number of nitrogens with zero attached hydrogens (tertiary/aromatic N) is 1. The first-order valence-electron chi connectivity index (χ1n) is 8.90. The molecule has 1 atom stereocenters. The van der Waals surface area contributed by atoms with Crippen molar-refractivity contribution in [1.29, 1.82) is 0 Å². The van der Waals surface area contributed by atoms with Gasteiger partial charge < -0.3 is 10.2 Å². The number of hydrogen-bond acceptors (Lipinski definition) is 2. The van der Waals surface area contributed by atoms with Crippen molar-refractivity contribution in [2.75, 3.05) is 32.7 Å². The van der Waals surface area contributed by atoms with E-state index in [2.05, 4.69) is 44.8 Å². The molecule has 0 saturated carbocycles. The maximum Gasteiger partial charge on any atom is 0.00475 e. The molecule has 1 rings (SSSR count). The number of hydrogen-bond donors (Lipinski definition) is 1. The highest BCUT2D eigenvalue weighted by atomic mass is 15.1. The van der Waals surface area contributed by atoms with Gasteiger partial charge in [0.25, 0.3) is 0 Å². The molecule has 20 heavy (non-hydrogen) atoms. The van der Waals surface area contributed by atoms with Gasteiger partial charge in [-0.2, -0.15) is 0 Å². The molecule has 1 aliphatic rings. The van der Waals surface area contributed by atoms with Crippen LogP contribution in [0.4, 0.5) is 0 Å². The molecule has 0 bridgehead atoms. The van der Waals surface area contributed by atoms with Gasteiger partial charge in [0, 0.05) is 13.1 Å². The lowest BCUT2D eigenvalue weighted by Crippen LogP contribution is -2.46. The molecule has 1 N–H and O–H groups in total. The summed E-state index contributed by atoms with van der Waals surface area (Å²) in [5.74, 6) is 0. The molecular formula is C18H38N2. The molecular weight excluding hydrogens is 244 g/mol. The summed E-state index contributed by atoms with van der Waals surface area (Å²) in [6, 6.07) is 0. The molecule has 1 unspecified atom stereocenters. The van der Waals surface area contributed by atoms with Gasteiger partial charge in [-0.25, -0.2) is 0 Å². The van der Waals surface area contributed by atoms with Gasteiger partial charge in [-0.3, -0.25) is 0 Å². The van der Waals surface area contributed by atoms with Crippen molar-refractivity contribution in [3.63, 3.8) is 0 Å². The first-order chi connectivity index (χ1) is 9.47. The number of likely N-dealkylation sites (tertiary alicyclic amines) is 1. The van der Waals surface area contributed by atoms with E-state index in [1.54, 1.807) is 0 Å². The van der Waals surface area contributed by atoms with Crippen LogP contribution in [-0.2, 0) is 0 Å². The van der Waals surface area contributed by atoms with Crippen LogP contribution in [-0.4, -0.2) is 37.6 Å². The van der Waals surface area contributed by atoms with Crippen LogP contribution < -0.4 is 5.32 Å². The Balaban J connectivity index is 2.45. The average Bonchev–Trinajstić information content (AvgIpc) is 2.42. The number of nitrogens with one attached hydrogen (secondary N) is 1. The Kier molecular flexibility index (Phi) is 7.53. The summed E-state index contributed by atoms with van der Waals surface area (Å²) in [4.78, 5) is 2.72. The highest BCUT2D eigenvalue weighted by Gasteiger charge is 2.32. The van der Waals surface area contributed by atoms with Crippen LogP contribution in [0.25, 0.3) is 0 Å². The second-order valence-electron chi connectivity index (χ2n) is 7.68. The van der Waals surface area contributed by atoms with Crippen molar-refractivity contribution in [2.24, 2.45) is 10.8 Å². The molecule has 0 aromatic heterocycles. The first kappa shape index (κ1) is 18.0. The van der Waals surface area contributed by atoms with Gasteiger partial charge in [0.1, 0.15) is 0 Å². The van der Waals surface area contributed by atoms with E-state index in [1.165, 1.54) is 64.7 Å². The number of piperidine rings is 1. The van der Waals surface area contributed by atoms with Gasteiger partial charge in [-0.1, -0.05) is 47.5 Å². The molecule has 1 aliphatic heterocycles. The Hall–Kier alpha value is -0.0800. The third-order valence-electron chi connectivity index (χ3n) is 5.35. The van der Waals surface area contributed by atoms with Gasteiger partial charge in [-0.05, 0) is 56.1 Å². The fraction of sp³-hybridized carbons (Fsp3) is 1.00. The standard InChI is InChI=1S/C18H38N2/c1-6-9-18(5,15-19-12-7-2)16-20-13-10-17(4,8-3)11-14-20/h19H,6-16H2,1-5H3. The third-order valence-corrected chi connectivity index (χ3v) is 5.35. The van der Waals surface area contributed by atoms with Gasteiger partial charge in [0.15, 0.2) is 0 Å². The largest absolute Gasteiger partial charge is 0.316 e. The van der Waals surface area contributed by atoms with Crippen LogP contribution in [0.15, 0.2) is 0 Å². The molecule has 1 fully saturated rings. The monoisotopic (exact) mass is 282 g/mol. The predicted molar refractivity (Wildman–Crippen MR) is 90.2 cm³/mol. The van der Waals surface area contributed by atoms with Crippen molar-refractivity contribution < 1.29 is 0 Å². The van der Waals surface area contributed by atoms with Crippen molar-refractivity contribution in [1.82, 2.24) is 10.2 Å². The summed E-state index contributed by atoms with van der Waals surface area (Å²) in [5.41, 5.74) is 1.06. The molecule has 0 aliphatic carbocycles. The Morgan fingerprint density at radius 2 is 1.75 bits per heavy atom. The topological polar surface area (TPSA) is 15.3 Å². The normalized spacial score (nSPS) is 22.6. The van der Waals surface area contributed by atoms with Crippen molar-refractivity contribution in [3.05, 3.63) is 0 Å². The van der Waals surface area contributed by atoms with Crippen LogP contribution in [0.2, 0.25) is 0 Å². The molecule has 0 aromatic carbocycles. The minimum absolute atomic E-state index is 0.448. The SMILES string of the molecule is CCCNCC(C)(CCC)CN1CCC(C)(CC)CC1. The molecule has 120 valence electrons. The summed E-state index contributed by atoms with van der Waals surface area (Å²) in [5, 5.41) is 3.65. The van der Waals surface area contributed by atoms with E-state index in [1.807, 2.05) is 0 Å². The molecule has 1 saturated heterocycles. The maximum absolute atomic E-state index is 3.65. The fourth-order valence-corrected chi connectivity index (χ4v) is 3.54. The van der Waals surface area contributed by atoms with E-state index in [0.717, 1.165) is 6.54 Å². The van der Waals surface area contributed by atoms with Crippen LogP contribution in [0.3, 0.4) is 0 Å². The average molecular weight is 283 g/mol. The number of rotatable bonds is 9. The molecule has 0 radical (unpaired) electrons. The van der Waals surface area contributed by atoms with Gasteiger partial charge in [-0.15, -0.1) is 0 Å². The summed E-state index contributed by atoms with van der Waals surface area (Å²) in [6.07, 6.45) is 7.98. The lowest BCUT2D eigenvalue weighted by atomic mass is 9.77. The van der Waals surface area contributed by atoms with Gasteiger partial charge in [0.2, 0.25) is 0 Å². The zero-order valence-corrected chi connectivity index (χ0v) is 14.7. The summed E-state index contributed by atoms with van der Waals surface area (Å²) in [7, 11) is 0. The minimum atomic E-state index is 0.448. The van der Waals surface area contributed by atoms with Crippen LogP contribution in [0, 0.1) is 10.8 Å². The summed E-state index contributed by atoms with van der Waals surface area (Å²) >= 11 is 0. The predicted octanol–water partition coefficient (Wildman–Crippen LogP) is 4.30. The molecule has 0 aromatic rings. The van der Waals surface area contributed by atoms with Gasteiger partial charge >= 0.3 is 0 Å². The zero-order valence-electron chi connectivity index (χ0n) is 14.7. The summed E-state index contributed by atoms with van der Waals surface area (Å²) < 4.78 is 0. The Bertz CT molecular complexity index is 256. The van der Waals surface area contributed by atoms with Crippen LogP contribution >= 0.6 is 0 Å². The molecule has 0 amide bonds. The second kappa shape index (κ2) is 8.38. The second-order valence-corrected chi connectivity index (χ2v) is 7.68. The van der Waals surface area contributed by atoms with E-state index in [4.69, 9.17) is 0 Å². The van der Waals surface area contributed by atoms with Gasteiger partial charge in [0.05, 0.1) is 0 Å². The Morgan fingerprint density at radius 1 is 1.10 bits per heavy atom. The van der Waals surface area contributed by atoms with E-state index >= 15 is 0 Å². The highest BCUT2D eigenvalue weighted by molar-refractivity contribution is 4.86. The molecule has 2 heteroatoms. The zero-order chi connectivity index (χ0) is 15.1. The van der Waals surface area contributed by atoms with Crippen LogP contribution in [0.1, 0.15) is 73.1 Å². The lowest BCUT2D eigenvalue weighted by Gasteiger charge is -2.43. The lowest BCUT2D eigenvalue weighted by molar-refractivity contribution is 0.0733. The Labute approximate surface area is 127 Å². The first-order valence-corrected chi connectivity index (χ1v) is 8.90. The minimum Gasteiger partial charge on any atom is -0.316 e. The fourth-order valence-electron chi connectivity index (χ4n) is 3.54. The summed E-state index contributed by atoms with van der Waals surface area (Å²) in [6.45, 7) is 18.1. The highest BCUT2D eigenvalue weighted by Crippen LogP contribution is 2.35.